The van der Waals surface area contributed by atoms with E-state index in [1.54, 1.807) is 25.3 Å². The lowest BCUT2D eigenvalue weighted by atomic mass is 9.93. The first kappa shape index (κ1) is 17.3. The largest absolute Gasteiger partial charge is 0.494 e. The molecule has 0 aliphatic heterocycles. The molecule has 5 nitrogen and oxygen atoms in total. The predicted octanol–water partition coefficient (Wildman–Crippen LogP) is 3.63. The first-order chi connectivity index (χ1) is 11.1. The molecule has 0 aromatic heterocycles. The van der Waals surface area contributed by atoms with Crippen molar-refractivity contribution in [3.63, 3.8) is 0 Å². The highest BCUT2D eigenvalue weighted by atomic mass is 16.5. The van der Waals surface area contributed by atoms with Crippen molar-refractivity contribution in [1.29, 1.82) is 5.26 Å². The van der Waals surface area contributed by atoms with Gasteiger partial charge in [-0.1, -0.05) is 25.7 Å². The summed E-state index contributed by atoms with van der Waals surface area (Å²) < 4.78 is 11.0. The van der Waals surface area contributed by atoms with Crippen LogP contribution in [0, 0.1) is 11.3 Å². The third kappa shape index (κ3) is 4.02. The Morgan fingerprint density at radius 2 is 2.00 bits per heavy atom. The fourth-order valence-electron chi connectivity index (χ4n) is 3.04. The van der Waals surface area contributed by atoms with Crippen LogP contribution in [0.3, 0.4) is 0 Å². The van der Waals surface area contributed by atoms with Gasteiger partial charge >= 0.3 is 0 Å². The van der Waals surface area contributed by atoms with Gasteiger partial charge in [-0.25, -0.2) is 0 Å². The Morgan fingerprint density at radius 1 is 1.30 bits per heavy atom. The number of nitrogens with one attached hydrogen (secondary N) is 1. The van der Waals surface area contributed by atoms with E-state index in [-0.39, 0.29) is 5.91 Å². The number of hydrogen-bond acceptors (Lipinski definition) is 4. The van der Waals surface area contributed by atoms with E-state index in [1.165, 1.54) is 0 Å². The standard InChI is InChI=1S/C18H24N2O3/c1-3-23-15-8-9-16(14(12-15)13-19)20-17(21)18(22-2)10-6-4-5-7-11-18/h8-9,12H,3-7,10-11H2,1-2H3,(H,20,21). The molecule has 2 rings (SSSR count). The number of amides is 1. The molecule has 5 heteroatoms. The van der Waals surface area contributed by atoms with Crippen LogP contribution >= 0.6 is 0 Å². The van der Waals surface area contributed by atoms with Gasteiger partial charge in [0.25, 0.3) is 5.91 Å². The van der Waals surface area contributed by atoms with Gasteiger partial charge < -0.3 is 14.8 Å². The molecule has 23 heavy (non-hydrogen) atoms. The maximum atomic E-state index is 12.8. The summed E-state index contributed by atoms with van der Waals surface area (Å²) >= 11 is 0. The minimum atomic E-state index is -0.790. The number of hydrogen-bond donors (Lipinski definition) is 1. The Kier molecular flexibility index (Phi) is 6.00. The van der Waals surface area contributed by atoms with Crippen LogP contribution in [0.4, 0.5) is 5.69 Å². The average Bonchev–Trinajstić information content (AvgIpc) is 2.83. The van der Waals surface area contributed by atoms with Crippen LogP contribution in [-0.2, 0) is 9.53 Å². The maximum absolute atomic E-state index is 12.8. The molecule has 0 unspecified atom stereocenters. The minimum absolute atomic E-state index is 0.164. The third-order valence-corrected chi connectivity index (χ3v) is 4.39. The van der Waals surface area contributed by atoms with E-state index in [9.17, 15) is 10.1 Å². The van der Waals surface area contributed by atoms with Gasteiger partial charge in [-0.3, -0.25) is 4.79 Å². The highest BCUT2D eigenvalue weighted by Crippen LogP contribution is 2.32. The number of ether oxygens (including phenoxy) is 2. The SMILES string of the molecule is CCOc1ccc(NC(=O)C2(OC)CCCCCC2)c(C#N)c1. The monoisotopic (exact) mass is 316 g/mol. The van der Waals surface area contributed by atoms with Crippen LogP contribution in [0.15, 0.2) is 18.2 Å². The Bertz CT molecular complexity index is 584. The van der Waals surface area contributed by atoms with Gasteiger partial charge in [0.05, 0.1) is 17.9 Å². The smallest absolute Gasteiger partial charge is 0.256 e. The van der Waals surface area contributed by atoms with E-state index in [0.717, 1.165) is 25.7 Å². The van der Waals surface area contributed by atoms with Gasteiger partial charge in [-0.05, 0) is 38.0 Å². The molecule has 1 aromatic rings. The van der Waals surface area contributed by atoms with Crippen LogP contribution in [0.2, 0.25) is 0 Å². The summed E-state index contributed by atoms with van der Waals surface area (Å²) in [5, 5.41) is 12.2. The Hall–Kier alpha value is -2.06. The van der Waals surface area contributed by atoms with Gasteiger partial charge in [-0.15, -0.1) is 0 Å². The number of nitrogens with zero attached hydrogens (tertiary/aromatic N) is 1. The molecule has 0 saturated heterocycles. The summed E-state index contributed by atoms with van der Waals surface area (Å²) in [6.07, 6.45) is 5.66. The van der Waals surface area contributed by atoms with Crippen molar-refractivity contribution >= 4 is 11.6 Å². The first-order valence-corrected chi connectivity index (χ1v) is 8.19. The number of carbonyl (C=O) groups is 1. The van der Waals surface area contributed by atoms with E-state index >= 15 is 0 Å². The molecule has 124 valence electrons. The zero-order valence-corrected chi connectivity index (χ0v) is 13.9. The summed E-state index contributed by atoms with van der Waals surface area (Å²) in [5.74, 6) is 0.459. The minimum Gasteiger partial charge on any atom is -0.494 e. The summed E-state index contributed by atoms with van der Waals surface area (Å²) in [5.41, 5.74) is 0.104. The van der Waals surface area contributed by atoms with Gasteiger partial charge in [-0.2, -0.15) is 5.26 Å². The van der Waals surface area contributed by atoms with E-state index in [4.69, 9.17) is 9.47 Å². The summed E-state index contributed by atoms with van der Waals surface area (Å²) in [7, 11) is 1.59. The molecule has 0 heterocycles. The predicted molar refractivity (Wildman–Crippen MR) is 88.4 cm³/mol. The molecule has 1 aliphatic rings. The van der Waals surface area contributed by atoms with E-state index in [0.29, 0.717) is 36.4 Å². The molecule has 1 fully saturated rings. The topological polar surface area (TPSA) is 71.3 Å². The summed E-state index contributed by atoms with van der Waals surface area (Å²) in [6, 6.07) is 7.22. The van der Waals surface area contributed by atoms with E-state index < -0.39 is 5.60 Å². The second-order valence-electron chi connectivity index (χ2n) is 5.82. The molecular weight excluding hydrogens is 292 g/mol. The second-order valence-corrected chi connectivity index (χ2v) is 5.82. The molecule has 1 amide bonds. The van der Waals surface area contributed by atoms with Crippen LogP contribution in [0.25, 0.3) is 0 Å². The normalized spacial score (nSPS) is 16.9. The molecule has 0 radical (unpaired) electrons. The summed E-state index contributed by atoms with van der Waals surface area (Å²) in [4.78, 5) is 12.8. The van der Waals surface area contributed by atoms with Gasteiger partial charge in [0.15, 0.2) is 0 Å². The zero-order valence-electron chi connectivity index (χ0n) is 13.9. The number of carbonyl (C=O) groups excluding carboxylic acids is 1. The first-order valence-electron chi connectivity index (χ1n) is 8.19. The molecular formula is C18H24N2O3. The zero-order chi connectivity index (χ0) is 16.7. The second kappa shape index (κ2) is 7.98. The molecule has 0 bridgehead atoms. The maximum Gasteiger partial charge on any atom is 0.256 e. The molecule has 1 aliphatic carbocycles. The number of rotatable bonds is 5. The Morgan fingerprint density at radius 3 is 2.57 bits per heavy atom. The quantitative estimate of drug-likeness (QED) is 0.842. The molecule has 0 spiro atoms. The Labute approximate surface area is 137 Å². The van der Waals surface area contributed by atoms with Crippen LogP contribution in [-0.4, -0.2) is 25.2 Å². The van der Waals surface area contributed by atoms with Crippen LogP contribution in [0.1, 0.15) is 51.0 Å². The van der Waals surface area contributed by atoms with E-state index in [2.05, 4.69) is 11.4 Å². The molecule has 1 N–H and O–H groups in total. The highest BCUT2D eigenvalue weighted by Gasteiger charge is 2.38. The van der Waals surface area contributed by atoms with Crippen molar-refractivity contribution in [3.8, 4) is 11.8 Å². The average molecular weight is 316 g/mol. The van der Waals surface area contributed by atoms with Crippen molar-refractivity contribution in [2.24, 2.45) is 0 Å². The number of nitriles is 1. The fourth-order valence-corrected chi connectivity index (χ4v) is 3.04. The van der Waals surface area contributed by atoms with E-state index in [1.807, 2.05) is 6.92 Å². The van der Waals surface area contributed by atoms with Crippen molar-refractivity contribution in [2.75, 3.05) is 19.0 Å². The highest BCUT2D eigenvalue weighted by molar-refractivity contribution is 5.98. The third-order valence-electron chi connectivity index (χ3n) is 4.39. The molecule has 0 atom stereocenters. The molecule has 1 aromatic carbocycles. The lowest BCUT2D eigenvalue weighted by Crippen LogP contribution is -2.44. The number of benzene rings is 1. The van der Waals surface area contributed by atoms with Gasteiger partial charge in [0.1, 0.15) is 17.4 Å². The summed E-state index contributed by atoms with van der Waals surface area (Å²) in [6.45, 7) is 2.42. The van der Waals surface area contributed by atoms with Crippen molar-refractivity contribution in [2.45, 2.75) is 51.0 Å². The Balaban J connectivity index is 2.20. The van der Waals surface area contributed by atoms with Gasteiger partial charge in [0, 0.05) is 7.11 Å². The lowest BCUT2D eigenvalue weighted by molar-refractivity contribution is -0.139. The van der Waals surface area contributed by atoms with Crippen LogP contribution in [0.5, 0.6) is 5.75 Å². The fraction of sp³-hybridized carbons (Fsp3) is 0.556. The number of methoxy groups -OCH3 is 1. The number of anilines is 1. The van der Waals surface area contributed by atoms with Crippen molar-refractivity contribution < 1.29 is 14.3 Å². The van der Waals surface area contributed by atoms with Crippen molar-refractivity contribution in [3.05, 3.63) is 23.8 Å². The lowest BCUT2D eigenvalue weighted by Gasteiger charge is -2.30. The van der Waals surface area contributed by atoms with Crippen LogP contribution < -0.4 is 10.1 Å². The van der Waals surface area contributed by atoms with Crippen molar-refractivity contribution in [1.82, 2.24) is 0 Å². The molecule has 1 saturated carbocycles. The van der Waals surface area contributed by atoms with Gasteiger partial charge in [0.2, 0.25) is 0 Å².